The highest BCUT2D eigenvalue weighted by atomic mass is 32.2. The van der Waals surface area contributed by atoms with Crippen molar-refractivity contribution in [2.24, 2.45) is 0 Å². The third-order valence-electron chi connectivity index (χ3n) is 2.38. The van der Waals surface area contributed by atoms with Gasteiger partial charge in [0.2, 0.25) is 5.91 Å². The Hall–Kier alpha value is -2.21. The lowest BCUT2D eigenvalue weighted by atomic mass is 10.3. The van der Waals surface area contributed by atoms with Crippen LogP contribution < -0.4 is 11.1 Å². The molecule has 1 aromatic heterocycles. The monoisotopic (exact) mass is 275 g/mol. The van der Waals surface area contributed by atoms with Gasteiger partial charge < -0.3 is 11.1 Å². The Morgan fingerprint density at radius 3 is 2.68 bits per heavy atom. The number of anilines is 2. The van der Waals surface area contributed by atoms with Gasteiger partial charge in [-0.1, -0.05) is 18.2 Å². The molecule has 19 heavy (non-hydrogen) atoms. The first kappa shape index (κ1) is 13.2. The van der Waals surface area contributed by atoms with Crippen molar-refractivity contribution in [2.45, 2.75) is 4.90 Å². The van der Waals surface area contributed by atoms with Crippen LogP contribution in [-0.4, -0.2) is 20.9 Å². The van der Waals surface area contributed by atoms with Gasteiger partial charge in [0, 0.05) is 11.9 Å². The molecule has 1 atom stereocenters. The van der Waals surface area contributed by atoms with Crippen LogP contribution in [-0.2, 0) is 15.6 Å². The number of para-hydroxylation sites is 1. The maximum atomic E-state index is 12.0. The molecule has 98 valence electrons. The molecular formula is C13H13N3O2S. The van der Waals surface area contributed by atoms with Crippen LogP contribution in [0.5, 0.6) is 0 Å². The van der Waals surface area contributed by atoms with Crippen molar-refractivity contribution in [3.8, 4) is 0 Å². The minimum atomic E-state index is -1.48. The first-order chi connectivity index (χ1) is 9.16. The van der Waals surface area contributed by atoms with Crippen molar-refractivity contribution >= 4 is 28.1 Å². The molecule has 0 saturated carbocycles. The number of aromatic nitrogens is 1. The molecule has 0 bridgehead atoms. The predicted octanol–water partition coefficient (Wildman–Crippen LogP) is 1.41. The van der Waals surface area contributed by atoms with Crippen molar-refractivity contribution in [1.29, 1.82) is 0 Å². The Morgan fingerprint density at radius 1 is 1.26 bits per heavy atom. The van der Waals surface area contributed by atoms with E-state index < -0.39 is 10.8 Å². The van der Waals surface area contributed by atoms with E-state index >= 15 is 0 Å². The van der Waals surface area contributed by atoms with Gasteiger partial charge in [0.25, 0.3) is 0 Å². The molecule has 0 spiro atoms. The van der Waals surface area contributed by atoms with Gasteiger partial charge in [-0.05, 0) is 18.2 Å². The number of hydrogen-bond acceptors (Lipinski definition) is 4. The maximum absolute atomic E-state index is 12.0. The number of carbonyl (C=O) groups excluding carboxylic acids is 1. The van der Waals surface area contributed by atoms with Crippen molar-refractivity contribution in [3.05, 3.63) is 48.8 Å². The number of nitrogens with two attached hydrogens (primary N) is 1. The van der Waals surface area contributed by atoms with Gasteiger partial charge >= 0.3 is 0 Å². The minimum absolute atomic E-state index is 0.136. The fourth-order valence-corrected chi connectivity index (χ4v) is 2.51. The van der Waals surface area contributed by atoms with Gasteiger partial charge in [-0.2, -0.15) is 0 Å². The minimum Gasteiger partial charge on any atom is -0.396 e. The zero-order chi connectivity index (χ0) is 13.7. The Labute approximate surface area is 113 Å². The lowest BCUT2D eigenvalue weighted by molar-refractivity contribution is -0.113. The summed E-state index contributed by atoms with van der Waals surface area (Å²) in [5.74, 6) is -0.455. The largest absolute Gasteiger partial charge is 0.396 e. The third kappa shape index (κ3) is 3.62. The molecule has 3 N–H and O–H groups in total. The van der Waals surface area contributed by atoms with Crippen molar-refractivity contribution in [2.75, 3.05) is 16.8 Å². The molecular weight excluding hydrogens is 262 g/mol. The number of nitrogens with zero attached hydrogens (tertiary/aromatic N) is 1. The SMILES string of the molecule is Nc1cnccc1S(=O)CC(=O)Nc1ccccc1. The summed E-state index contributed by atoms with van der Waals surface area (Å²) >= 11 is 0. The average Bonchev–Trinajstić information content (AvgIpc) is 2.40. The molecule has 0 aliphatic heterocycles. The predicted molar refractivity (Wildman–Crippen MR) is 75.0 cm³/mol. The number of amides is 1. The Bertz CT molecular complexity index is 602. The Balaban J connectivity index is 2.00. The molecule has 0 saturated heterocycles. The molecule has 1 unspecified atom stereocenters. The molecule has 6 heteroatoms. The highest BCUT2D eigenvalue weighted by molar-refractivity contribution is 7.86. The van der Waals surface area contributed by atoms with Gasteiger partial charge in [0.15, 0.2) is 0 Å². The number of hydrogen-bond donors (Lipinski definition) is 2. The van der Waals surface area contributed by atoms with Crippen molar-refractivity contribution < 1.29 is 9.00 Å². The lowest BCUT2D eigenvalue weighted by Crippen LogP contribution is -2.20. The van der Waals surface area contributed by atoms with Gasteiger partial charge in [0.1, 0.15) is 5.75 Å². The summed E-state index contributed by atoms with van der Waals surface area (Å²) in [6, 6.07) is 10.6. The van der Waals surface area contributed by atoms with E-state index in [0.717, 1.165) is 0 Å². The molecule has 1 amide bonds. The maximum Gasteiger partial charge on any atom is 0.237 e. The molecule has 0 aliphatic rings. The van der Waals surface area contributed by atoms with E-state index in [4.69, 9.17) is 5.73 Å². The summed E-state index contributed by atoms with van der Waals surface area (Å²) in [4.78, 5) is 16.0. The van der Waals surface area contributed by atoms with Gasteiger partial charge in [-0.25, -0.2) is 0 Å². The summed E-state index contributed by atoms with van der Waals surface area (Å²) in [5.41, 5.74) is 6.66. The lowest BCUT2D eigenvalue weighted by Gasteiger charge is -2.06. The first-order valence-corrected chi connectivity index (χ1v) is 6.91. The first-order valence-electron chi connectivity index (χ1n) is 5.59. The van der Waals surface area contributed by atoms with Crippen LogP contribution in [0.1, 0.15) is 0 Å². The van der Waals surface area contributed by atoms with Crippen LogP contribution >= 0.6 is 0 Å². The second-order valence-corrected chi connectivity index (χ2v) is 5.24. The Kier molecular flexibility index (Phi) is 4.25. The molecule has 0 aliphatic carbocycles. The van der Waals surface area contributed by atoms with E-state index in [2.05, 4.69) is 10.3 Å². The van der Waals surface area contributed by atoms with Crippen molar-refractivity contribution in [1.82, 2.24) is 4.98 Å². The normalized spacial score (nSPS) is 11.8. The van der Waals surface area contributed by atoms with E-state index in [1.807, 2.05) is 18.2 Å². The standard InChI is InChI=1S/C13H13N3O2S/c14-11-8-15-7-6-12(11)19(18)9-13(17)16-10-4-2-1-3-5-10/h1-8H,9,14H2,(H,16,17). The summed E-state index contributed by atoms with van der Waals surface area (Å²) < 4.78 is 12.0. The molecule has 1 heterocycles. The average molecular weight is 275 g/mol. The second kappa shape index (κ2) is 6.10. The number of nitrogens with one attached hydrogen (secondary N) is 1. The van der Waals surface area contributed by atoms with E-state index in [9.17, 15) is 9.00 Å². The number of pyridine rings is 1. The number of rotatable bonds is 4. The molecule has 5 nitrogen and oxygen atoms in total. The topological polar surface area (TPSA) is 85.1 Å². The van der Waals surface area contributed by atoms with Crippen LogP contribution in [0.2, 0.25) is 0 Å². The highest BCUT2D eigenvalue weighted by Crippen LogP contribution is 2.14. The number of nitrogen functional groups attached to an aromatic ring is 1. The molecule has 0 radical (unpaired) electrons. The summed E-state index contributed by atoms with van der Waals surface area (Å²) in [7, 11) is -1.48. The number of benzene rings is 1. The Morgan fingerprint density at radius 2 is 2.00 bits per heavy atom. The fourth-order valence-electron chi connectivity index (χ4n) is 1.52. The molecule has 2 aromatic rings. The smallest absolute Gasteiger partial charge is 0.237 e. The second-order valence-electron chi connectivity index (χ2n) is 3.82. The van der Waals surface area contributed by atoms with E-state index in [1.54, 1.807) is 18.2 Å². The van der Waals surface area contributed by atoms with E-state index in [-0.39, 0.29) is 11.7 Å². The zero-order valence-corrected chi connectivity index (χ0v) is 10.9. The zero-order valence-electron chi connectivity index (χ0n) is 10.1. The summed E-state index contributed by atoms with van der Waals surface area (Å²) in [6.07, 6.45) is 2.92. The fraction of sp³-hybridized carbons (Fsp3) is 0.0769. The summed E-state index contributed by atoms with van der Waals surface area (Å²) in [6.45, 7) is 0. The van der Waals surface area contributed by atoms with E-state index in [0.29, 0.717) is 16.3 Å². The van der Waals surface area contributed by atoms with Crippen LogP contribution in [0.15, 0.2) is 53.7 Å². The van der Waals surface area contributed by atoms with Crippen LogP contribution in [0.25, 0.3) is 0 Å². The van der Waals surface area contributed by atoms with Crippen LogP contribution in [0.4, 0.5) is 11.4 Å². The van der Waals surface area contributed by atoms with Crippen molar-refractivity contribution in [3.63, 3.8) is 0 Å². The molecule has 0 fully saturated rings. The van der Waals surface area contributed by atoms with Crippen LogP contribution in [0, 0.1) is 0 Å². The third-order valence-corrected chi connectivity index (χ3v) is 3.76. The highest BCUT2D eigenvalue weighted by Gasteiger charge is 2.12. The van der Waals surface area contributed by atoms with Gasteiger partial charge in [0.05, 0.1) is 27.6 Å². The number of carbonyl (C=O) groups is 1. The molecule has 1 aromatic carbocycles. The quantitative estimate of drug-likeness (QED) is 0.883. The van der Waals surface area contributed by atoms with Gasteiger partial charge in [-0.15, -0.1) is 0 Å². The molecule has 2 rings (SSSR count). The van der Waals surface area contributed by atoms with E-state index in [1.165, 1.54) is 12.4 Å². The summed E-state index contributed by atoms with van der Waals surface area (Å²) in [5, 5.41) is 2.67. The van der Waals surface area contributed by atoms with Crippen LogP contribution in [0.3, 0.4) is 0 Å². The van der Waals surface area contributed by atoms with Gasteiger partial charge in [-0.3, -0.25) is 14.0 Å².